The van der Waals surface area contributed by atoms with Crippen LogP contribution in [0.4, 0.5) is 10.2 Å². The van der Waals surface area contributed by atoms with Gasteiger partial charge in [0.1, 0.15) is 29.6 Å². The smallest absolute Gasteiger partial charge is 0.148 e. The summed E-state index contributed by atoms with van der Waals surface area (Å²) in [5, 5.41) is 4.03. The zero-order valence-corrected chi connectivity index (χ0v) is 19.8. The van der Waals surface area contributed by atoms with E-state index in [2.05, 4.69) is 22.4 Å². The van der Waals surface area contributed by atoms with Crippen LogP contribution >= 0.6 is 11.6 Å². The van der Waals surface area contributed by atoms with Crippen molar-refractivity contribution < 1.29 is 13.9 Å². The quantitative estimate of drug-likeness (QED) is 0.452. The van der Waals surface area contributed by atoms with Crippen molar-refractivity contribution >= 4 is 17.4 Å². The van der Waals surface area contributed by atoms with Crippen LogP contribution < -0.4 is 10.1 Å². The van der Waals surface area contributed by atoms with Gasteiger partial charge in [0.25, 0.3) is 0 Å². The normalized spacial score (nSPS) is 17.1. The number of methoxy groups -OCH3 is 1. The Morgan fingerprint density at radius 2 is 1.91 bits per heavy atom. The summed E-state index contributed by atoms with van der Waals surface area (Å²) in [6.07, 6.45) is 3.51. The fraction of sp³-hybridized carbons (Fsp3) is 0.400. The molecule has 0 radical (unpaired) electrons. The summed E-state index contributed by atoms with van der Waals surface area (Å²) in [5.41, 5.74) is 5.20. The lowest BCUT2D eigenvalue weighted by Crippen LogP contribution is -2.27. The van der Waals surface area contributed by atoms with Crippen LogP contribution in [0, 0.1) is 0 Å². The molecule has 1 aromatic carbocycles. The summed E-state index contributed by atoms with van der Waals surface area (Å²) in [5.74, 6) is 1.29. The number of benzene rings is 1. The van der Waals surface area contributed by atoms with Crippen LogP contribution in [-0.2, 0) is 24.0 Å². The van der Waals surface area contributed by atoms with E-state index in [1.165, 1.54) is 5.56 Å². The molecule has 1 aliphatic carbocycles. The summed E-state index contributed by atoms with van der Waals surface area (Å²) in [4.78, 5) is 14.3. The molecule has 33 heavy (non-hydrogen) atoms. The van der Waals surface area contributed by atoms with Gasteiger partial charge in [-0.1, -0.05) is 49.7 Å². The van der Waals surface area contributed by atoms with Crippen LogP contribution in [0.1, 0.15) is 42.4 Å². The average molecular weight is 471 g/mol. The molecule has 0 fully saturated rings. The Hall–Kier alpha value is -2.77. The first kappa shape index (κ1) is 23.4. The summed E-state index contributed by atoms with van der Waals surface area (Å²) >= 11 is 6.50. The molecule has 1 aliphatic rings. The molecule has 3 aromatic rings. The second-order valence-electron chi connectivity index (χ2n) is 7.85. The van der Waals surface area contributed by atoms with Crippen LogP contribution in [0.3, 0.4) is 0 Å². The van der Waals surface area contributed by atoms with Crippen molar-refractivity contribution in [3.8, 4) is 17.1 Å². The zero-order valence-electron chi connectivity index (χ0n) is 19.1. The van der Waals surface area contributed by atoms with Crippen LogP contribution in [0.2, 0.25) is 5.02 Å². The molecule has 2 aromatic heterocycles. The SMILES string of the molecule is CCc1nc(-c2ncc(OC)cc2Cl)c(CC)nc1N[C@@H]1c2ccccc2C[C@@H]1OCCF. The predicted octanol–water partition coefficient (Wildman–Crippen LogP) is 5.39. The van der Waals surface area contributed by atoms with Crippen molar-refractivity contribution in [2.24, 2.45) is 0 Å². The van der Waals surface area contributed by atoms with Gasteiger partial charge in [0.2, 0.25) is 0 Å². The molecule has 0 saturated carbocycles. The summed E-state index contributed by atoms with van der Waals surface area (Å²) in [6, 6.07) is 9.79. The van der Waals surface area contributed by atoms with Crippen molar-refractivity contribution in [2.45, 2.75) is 45.3 Å². The highest BCUT2D eigenvalue weighted by Crippen LogP contribution is 2.37. The Labute approximate surface area is 198 Å². The molecular weight excluding hydrogens is 443 g/mol. The highest BCUT2D eigenvalue weighted by molar-refractivity contribution is 6.33. The average Bonchev–Trinajstić information content (AvgIpc) is 3.19. The Morgan fingerprint density at radius 3 is 2.61 bits per heavy atom. The minimum atomic E-state index is -0.510. The maximum absolute atomic E-state index is 12.8. The second-order valence-corrected chi connectivity index (χ2v) is 8.26. The number of nitrogens with zero attached hydrogens (tertiary/aromatic N) is 3. The van der Waals surface area contributed by atoms with E-state index in [1.807, 2.05) is 26.0 Å². The number of hydrogen-bond donors (Lipinski definition) is 1. The fourth-order valence-corrected chi connectivity index (χ4v) is 4.48. The standard InChI is InChI=1S/C25H28ClFN4O2/c1-4-19-24(23-18(26)13-16(32-3)14-28-23)29-20(5-2)25(30-19)31-22-17-9-7-6-8-15(17)12-21(22)33-11-10-27/h6-9,13-14,21-22H,4-5,10-12H2,1-3H3,(H,30,31)/t21-,22+/m0/s1. The van der Waals surface area contributed by atoms with E-state index in [0.717, 1.165) is 23.4 Å². The lowest BCUT2D eigenvalue weighted by molar-refractivity contribution is 0.0393. The van der Waals surface area contributed by atoms with Gasteiger partial charge in [-0.05, 0) is 24.0 Å². The Morgan fingerprint density at radius 1 is 1.12 bits per heavy atom. The molecule has 1 N–H and O–H groups in total. The maximum atomic E-state index is 12.8. The Kier molecular flexibility index (Phi) is 7.40. The van der Waals surface area contributed by atoms with Crippen molar-refractivity contribution in [1.29, 1.82) is 0 Å². The number of aryl methyl sites for hydroxylation is 2. The number of anilines is 1. The third-order valence-corrected chi connectivity index (χ3v) is 6.16. The van der Waals surface area contributed by atoms with Crippen molar-refractivity contribution in [3.05, 3.63) is 64.1 Å². The number of ether oxygens (including phenoxy) is 2. The molecule has 4 rings (SSSR count). The molecule has 2 atom stereocenters. The van der Waals surface area contributed by atoms with Crippen LogP contribution in [0.25, 0.3) is 11.4 Å². The molecule has 0 unspecified atom stereocenters. The first-order valence-electron chi connectivity index (χ1n) is 11.2. The first-order valence-corrected chi connectivity index (χ1v) is 11.6. The van der Waals surface area contributed by atoms with Crippen LogP contribution in [0.15, 0.2) is 36.5 Å². The van der Waals surface area contributed by atoms with E-state index >= 15 is 0 Å². The number of alkyl halides is 1. The summed E-state index contributed by atoms with van der Waals surface area (Å²) in [7, 11) is 1.58. The molecule has 0 aliphatic heterocycles. The third-order valence-electron chi connectivity index (χ3n) is 5.87. The minimum absolute atomic E-state index is 0.0733. The molecule has 8 heteroatoms. The number of nitrogens with one attached hydrogen (secondary N) is 1. The molecule has 0 saturated heterocycles. The summed E-state index contributed by atoms with van der Waals surface area (Å²) in [6.45, 7) is 3.62. The van der Waals surface area contributed by atoms with Gasteiger partial charge in [-0.3, -0.25) is 0 Å². The number of fused-ring (bicyclic) bond motifs is 1. The lowest BCUT2D eigenvalue weighted by atomic mass is 10.1. The van der Waals surface area contributed by atoms with Crippen molar-refractivity contribution in [3.63, 3.8) is 0 Å². The highest BCUT2D eigenvalue weighted by Gasteiger charge is 2.34. The van der Waals surface area contributed by atoms with E-state index in [-0.39, 0.29) is 18.8 Å². The van der Waals surface area contributed by atoms with Gasteiger partial charge < -0.3 is 14.8 Å². The molecule has 174 valence electrons. The van der Waals surface area contributed by atoms with Gasteiger partial charge in [0.05, 0.1) is 48.5 Å². The fourth-order valence-electron chi connectivity index (χ4n) is 4.24. The van der Waals surface area contributed by atoms with Crippen molar-refractivity contribution in [2.75, 3.05) is 25.7 Å². The van der Waals surface area contributed by atoms with E-state index in [1.54, 1.807) is 19.4 Å². The molecule has 6 nitrogen and oxygen atoms in total. The van der Waals surface area contributed by atoms with Gasteiger partial charge >= 0.3 is 0 Å². The van der Waals surface area contributed by atoms with E-state index in [9.17, 15) is 4.39 Å². The van der Waals surface area contributed by atoms with Crippen LogP contribution in [0.5, 0.6) is 5.75 Å². The minimum Gasteiger partial charge on any atom is -0.495 e. The lowest BCUT2D eigenvalue weighted by Gasteiger charge is -2.24. The molecule has 0 spiro atoms. The number of rotatable bonds is 9. The first-order chi connectivity index (χ1) is 16.1. The van der Waals surface area contributed by atoms with Gasteiger partial charge in [0.15, 0.2) is 0 Å². The van der Waals surface area contributed by atoms with E-state index < -0.39 is 6.67 Å². The maximum Gasteiger partial charge on any atom is 0.148 e. The van der Waals surface area contributed by atoms with Gasteiger partial charge in [-0.2, -0.15) is 0 Å². The van der Waals surface area contributed by atoms with E-state index in [0.29, 0.717) is 40.8 Å². The number of aromatic nitrogens is 3. The topological polar surface area (TPSA) is 69.2 Å². The molecule has 0 amide bonds. The summed E-state index contributed by atoms with van der Waals surface area (Å²) < 4.78 is 23.9. The van der Waals surface area contributed by atoms with Gasteiger partial charge in [-0.15, -0.1) is 0 Å². The molecule has 2 heterocycles. The highest BCUT2D eigenvalue weighted by atomic mass is 35.5. The second kappa shape index (κ2) is 10.4. The largest absolute Gasteiger partial charge is 0.495 e. The van der Waals surface area contributed by atoms with Crippen LogP contribution in [-0.4, -0.2) is 41.4 Å². The van der Waals surface area contributed by atoms with E-state index in [4.69, 9.17) is 31.0 Å². The monoisotopic (exact) mass is 470 g/mol. The predicted molar refractivity (Wildman–Crippen MR) is 128 cm³/mol. The Bertz CT molecular complexity index is 1130. The number of pyridine rings is 1. The Balaban J connectivity index is 1.72. The van der Waals surface area contributed by atoms with Gasteiger partial charge in [0, 0.05) is 12.5 Å². The molecular formula is C25H28ClFN4O2. The third kappa shape index (κ3) is 4.80. The zero-order chi connectivity index (χ0) is 23.4. The van der Waals surface area contributed by atoms with Gasteiger partial charge in [-0.25, -0.2) is 19.3 Å². The van der Waals surface area contributed by atoms with Crippen molar-refractivity contribution in [1.82, 2.24) is 15.0 Å². The number of halogens is 2. The number of hydrogen-bond acceptors (Lipinski definition) is 6. The molecule has 0 bridgehead atoms.